The molecule has 0 saturated carbocycles. The van der Waals surface area contributed by atoms with Crippen LogP contribution in [0.1, 0.15) is 37.3 Å². The molecule has 0 aromatic heterocycles. The van der Waals surface area contributed by atoms with Gasteiger partial charge >= 0.3 is 0 Å². The van der Waals surface area contributed by atoms with Gasteiger partial charge in [-0.3, -0.25) is 9.69 Å². The van der Waals surface area contributed by atoms with Gasteiger partial charge in [0.2, 0.25) is 15.9 Å². The Labute approximate surface area is 167 Å². The van der Waals surface area contributed by atoms with Crippen LogP contribution in [0.25, 0.3) is 0 Å². The van der Waals surface area contributed by atoms with Crippen LogP contribution in [0.4, 0.5) is 5.69 Å². The average molecular weight is 402 g/mol. The Morgan fingerprint density at radius 1 is 1.00 bits per heavy atom. The molecule has 1 aliphatic rings. The van der Waals surface area contributed by atoms with E-state index in [1.54, 1.807) is 12.1 Å². The fraction of sp³-hybridized carbons (Fsp3) is 0.381. The number of amides is 1. The molecule has 0 unspecified atom stereocenters. The third-order valence-corrected chi connectivity index (χ3v) is 6.21. The van der Waals surface area contributed by atoms with Crippen LogP contribution < -0.4 is 10.0 Å². The number of rotatable bonds is 7. The van der Waals surface area contributed by atoms with Crippen LogP contribution in [0.5, 0.6) is 0 Å². The molecule has 1 amide bonds. The molecule has 1 heterocycles. The van der Waals surface area contributed by atoms with Gasteiger partial charge < -0.3 is 5.32 Å². The van der Waals surface area contributed by atoms with Gasteiger partial charge in [0.15, 0.2) is 0 Å². The summed E-state index contributed by atoms with van der Waals surface area (Å²) in [4.78, 5) is 13.7. The zero-order chi connectivity index (χ0) is 20.0. The number of nitrogens with zero attached hydrogens (tertiary/aromatic N) is 1. The van der Waals surface area contributed by atoms with E-state index in [0.29, 0.717) is 5.69 Å². The van der Waals surface area contributed by atoms with Crippen molar-refractivity contribution in [3.8, 4) is 0 Å². The number of anilines is 1. The molecule has 0 radical (unpaired) electrons. The molecule has 3 rings (SSSR count). The van der Waals surface area contributed by atoms with Crippen molar-refractivity contribution in [1.29, 1.82) is 0 Å². The smallest absolute Gasteiger partial charge is 0.240 e. The van der Waals surface area contributed by atoms with E-state index in [1.165, 1.54) is 43.9 Å². The standard InChI is InChI=1S/C21H27N3O3S/c1-17(25)23-20-8-10-21(11-9-20)28(26,27)22-15-18-6-5-7-19(14-18)16-24-12-3-2-4-13-24/h5-11,14,22H,2-4,12-13,15-16H2,1H3,(H,23,25). The number of carbonyl (C=O) groups excluding carboxylic acids is 1. The van der Waals surface area contributed by atoms with E-state index < -0.39 is 10.0 Å². The van der Waals surface area contributed by atoms with E-state index >= 15 is 0 Å². The maximum atomic E-state index is 12.5. The molecule has 1 aliphatic heterocycles. The SMILES string of the molecule is CC(=O)Nc1ccc(S(=O)(=O)NCc2cccc(CN3CCCCC3)c2)cc1. The first-order chi connectivity index (χ1) is 13.4. The highest BCUT2D eigenvalue weighted by Crippen LogP contribution is 2.16. The second-order valence-corrected chi connectivity index (χ2v) is 8.95. The van der Waals surface area contributed by atoms with Gasteiger partial charge in [0.05, 0.1) is 4.90 Å². The zero-order valence-corrected chi connectivity index (χ0v) is 17.0. The maximum absolute atomic E-state index is 12.5. The van der Waals surface area contributed by atoms with E-state index in [2.05, 4.69) is 27.1 Å². The molecule has 2 aromatic rings. The van der Waals surface area contributed by atoms with Crippen LogP contribution in [-0.2, 0) is 27.9 Å². The summed E-state index contributed by atoms with van der Waals surface area (Å²) in [5.74, 6) is -0.196. The van der Waals surface area contributed by atoms with Gasteiger partial charge in [-0.1, -0.05) is 30.7 Å². The van der Waals surface area contributed by atoms with E-state index in [1.807, 2.05) is 12.1 Å². The molecule has 0 atom stereocenters. The molecule has 2 aromatic carbocycles. The number of hydrogen-bond acceptors (Lipinski definition) is 4. The molecular formula is C21H27N3O3S. The molecule has 0 bridgehead atoms. The third-order valence-electron chi connectivity index (χ3n) is 4.80. The molecule has 2 N–H and O–H groups in total. The van der Waals surface area contributed by atoms with Gasteiger partial charge in [-0.2, -0.15) is 0 Å². The first-order valence-corrected chi connectivity index (χ1v) is 11.1. The van der Waals surface area contributed by atoms with Crippen molar-refractivity contribution in [2.24, 2.45) is 0 Å². The summed E-state index contributed by atoms with van der Waals surface area (Å²) >= 11 is 0. The number of carbonyl (C=O) groups is 1. The van der Waals surface area contributed by atoms with Crippen molar-refractivity contribution >= 4 is 21.6 Å². The van der Waals surface area contributed by atoms with E-state index in [9.17, 15) is 13.2 Å². The Morgan fingerprint density at radius 2 is 1.68 bits per heavy atom. The molecule has 6 nitrogen and oxygen atoms in total. The largest absolute Gasteiger partial charge is 0.326 e. The van der Waals surface area contributed by atoms with Gasteiger partial charge in [-0.05, 0) is 61.3 Å². The number of nitrogens with one attached hydrogen (secondary N) is 2. The minimum absolute atomic E-state index is 0.172. The van der Waals surface area contributed by atoms with Crippen LogP contribution in [0.3, 0.4) is 0 Å². The molecule has 0 spiro atoms. The second-order valence-electron chi connectivity index (χ2n) is 7.19. The summed E-state index contributed by atoms with van der Waals surface area (Å²) in [7, 11) is -3.62. The lowest BCUT2D eigenvalue weighted by Gasteiger charge is -2.26. The quantitative estimate of drug-likeness (QED) is 0.747. The van der Waals surface area contributed by atoms with Crippen LogP contribution in [-0.4, -0.2) is 32.3 Å². The van der Waals surface area contributed by atoms with Gasteiger partial charge in [0, 0.05) is 25.7 Å². The average Bonchev–Trinajstić information content (AvgIpc) is 2.68. The van der Waals surface area contributed by atoms with Crippen molar-refractivity contribution < 1.29 is 13.2 Å². The molecule has 0 aliphatic carbocycles. The van der Waals surface area contributed by atoms with Crippen LogP contribution in [0, 0.1) is 0 Å². The normalized spacial score (nSPS) is 15.3. The summed E-state index contributed by atoms with van der Waals surface area (Å²) in [5, 5.41) is 2.62. The summed E-state index contributed by atoms with van der Waals surface area (Å²) in [6.07, 6.45) is 3.81. The van der Waals surface area contributed by atoms with Crippen LogP contribution >= 0.6 is 0 Å². The number of piperidine rings is 1. The molecule has 1 saturated heterocycles. The number of likely N-dealkylation sites (tertiary alicyclic amines) is 1. The Morgan fingerprint density at radius 3 is 2.36 bits per heavy atom. The van der Waals surface area contributed by atoms with E-state index in [-0.39, 0.29) is 17.3 Å². The monoisotopic (exact) mass is 401 g/mol. The fourth-order valence-electron chi connectivity index (χ4n) is 3.40. The van der Waals surface area contributed by atoms with Crippen molar-refractivity contribution in [3.05, 3.63) is 59.7 Å². The molecule has 7 heteroatoms. The molecule has 150 valence electrons. The summed E-state index contributed by atoms with van der Waals surface area (Å²) in [6.45, 7) is 4.82. The van der Waals surface area contributed by atoms with Crippen molar-refractivity contribution in [2.75, 3.05) is 18.4 Å². The molecule has 1 fully saturated rings. The maximum Gasteiger partial charge on any atom is 0.240 e. The summed E-state index contributed by atoms with van der Waals surface area (Å²) < 4.78 is 27.7. The van der Waals surface area contributed by atoms with Crippen LogP contribution in [0.15, 0.2) is 53.4 Å². The zero-order valence-electron chi connectivity index (χ0n) is 16.1. The lowest BCUT2D eigenvalue weighted by molar-refractivity contribution is -0.114. The summed E-state index contributed by atoms with van der Waals surface area (Å²) in [5.41, 5.74) is 2.71. The van der Waals surface area contributed by atoms with Crippen molar-refractivity contribution in [3.63, 3.8) is 0 Å². The lowest BCUT2D eigenvalue weighted by Crippen LogP contribution is -2.29. The minimum atomic E-state index is -3.62. The highest BCUT2D eigenvalue weighted by molar-refractivity contribution is 7.89. The summed E-state index contributed by atoms with van der Waals surface area (Å²) in [6, 6.07) is 14.2. The third kappa shape index (κ3) is 5.89. The second kappa shape index (κ2) is 9.32. The Bertz CT molecular complexity index is 905. The van der Waals surface area contributed by atoms with Crippen LogP contribution in [0.2, 0.25) is 0 Å². The highest BCUT2D eigenvalue weighted by Gasteiger charge is 2.14. The topological polar surface area (TPSA) is 78.5 Å². The fourth-order valence-corrected chi connectivity index (χ4v) is 4.41. The number of hydrogen-bond donors (Lipinski definition) is 2. The predicted molar refractivity (Wildman–Crippen MR) is 110 cm³/mol. The number of sulfonamides is 1. The highest BCUT2D eigenvalue weighted by atomic mass is 32.2. The number of benzene rings is 2. The van der Waals surface area contributed by atoms with E-state index in [0.717, 1.165) is 25.2 Å². The van der Waals surface area contributed by atoms with Gasteiger partial charge in [-0.15, -0.1) is 0 Å². The van der Waals surface area contributed by atoms with Gasteiger partial charge in [0.25, 0.3) is 0 Å². The predicted octanol–water partition coefficient (Wildman–Crippen LogP) is 3.11. The minimum Gasteiger partial charge on any atom is -0.326 e. The van der Waals surface area contributed by atoms with E-state index in [4.69, 9.17) is 0 Å². The van der Waals surface area contributed by atoms with Gasteiger partial charge in [0.1, 0.15) is 0 Å². The molecular weight excluding hydrogens is 374 g/mol. The van der Waals surface area contributed by atoms with Crippen molar-refractivity contribution in [2.45, 2.75) is 44.2 Å². The first kappa shape index (κ1) is 20.5. The Kier molecular flexibility index (Phi) is 6.83. The lowest BCUT2D eigenvalue weighted by atomic mass is 10.1. The van der Waals surface area contributed by atoms with Gasteiger partial charge in [-0.25, -0.2) is 13.1 Å². The van der Waals surface area contributed by atoms with Crippen molar-refractivity contribution in [1.82, 2.24) is 9.62 Å². The first-order valence-electron chi connectivity index (χ1n) is 9.60. The molecule has 28 heavy (non-hydrogen) atoms. The Balaban J connectivity index is 1.60. The Hall–Kier alpha value is -2.22.